The van der Waals surface area contributed by atoms with Gasteiger partial charge in [-0.05, 0) is 90.0 Å². The lowest BCUT2D eigenvalue weighted by Crippen LogP contribution is -2.41. The van der Waals surface area contributed by atoms with Crippen LogP contribution in [0.5, 0.6) is 0 Å². The summed E-state index contributed by atoms with van der Waals surface area (Å²) in [6.07, 6.45) is 0. The second kappa shape index (κ2) is 14.7. The smallest absolute Gasteiger partial charge is 0.326 e. The molecule has 0 atom stereocenters. The minimum Gasteiger partial charge on any atom is -0.326 e. The van der Waals surface area contributed by atoms with Crippen molar-refractivity contribution in [1.29, 1.82) is 0 Å². The lowest BCUT2D eigenvalue weighted by molar-refractivity contribution is 0.315. The van der Waals surface area contributed by atoms with Gasteiger partial charge in [-0.1, -0.05) is 104 Å². The van der Waals surface area contributed by atoms with Crippen LogP contribution in [0.3, 0.4) is 0 Å². The SMILES string of the molecule is CC(C)(C)c1nc(C(C)(C)C)n(C(C)(C)C)n1.CC(C)(C)c1nn(C(C)(C)C)c(=O)n1C(C)(C)C.Cc1c(C(C)(C)C)nc(C(C)(C)C)n1C(C)(C)C. The lowest BCUT2D eigenvalue weighted by Gasteiger charge is -2.30. The van der Waals surface area contributed by atoms with Crippen LogP contribution in [0.4, 0.5) is 0 Å². The predicted octanol–water partition coefficient (Wildman–Crippen LogP) is 11.0. The van der Waals surface area contributed by atoms with Crippen LogP contribution < -0.4 is 5.69 Å². The fourth-order valence-electron chi connectivity index (χ4n) is 6.01. The van der Waals surface area contributed by atoms with Gasteiger partial charge < -0.3 is 4.57 Å². The Morgan fingerprint density at radius 3 is 0.981 bits per heavy atom. The third-order valence-electron chi connectivity index (χ3n) is 8.50. The molecule has 0 aliphatic heterocycles. The van der Waals surface area contributed by atoms with Gasteiger partial charge in [0.25, 0.3) is 0 Å². The molecule has 306 valence electrons. The Balaban J connectivity index is 0.000000398. The molecule has 0 bridgehead atoms. The third-order valence-corrected chi connectivity index (χ3v) is 8.50. The summed E-state index contributed by atoms with van der Waals surface area (Å²) < 4.78 is 7.90. The summed E-state index contributed by atoms with van der Waals surface area (Å²) in [5.41, 5.74) is 2.02. The van der Waals surface area contributed by atoms with Crippen molar-refractivity contribution in [3.05, 3.63) is 45.2 Å². The molecule has 0 N–H and O–H groups in total. The Bertz CT molecular complexity index is 1700. The first-order chi connectivity index (χ1) is 22.9. The molecule has 0 fully saturated rings. The van der Waals surface area contributed by atoms with Crippen molar-refractivity contribution >= 4 is 0 Å². The first-order valence-electron chi connectivity index (χ1n) is 19.7. The molecule has 3 aromatic heterocycles. The third kappa shape index (κ3) is 12.1. The summed E-state index contributed by atoms with van der Waals surface area (Å²) in [5, 5.41) is 9.31. The highest BCUT2D eigenvalue weighted by molar-refractivity contribution is 5.27. The van der Waals surface area contributed by atoms with Crippen molar-refractivity contribution in [1.82, 2.24) is 38.7 Å². The second-order valence-electron chi connectivity index (χ2n) is 24.2. The first-order valence-corrected chi connectivity index (χ1v) is 19.7. The molecule has 0 unspecified atom stereocenters. The van der Waals surface area contributed by atoms with Crippen LogP contribution in [-0.2, 0) is 49.2 Å². The second-order valence-corrected chi connectivity index (χ2v) is 24.2. The van der Waals surface area contributed by atoms with E-state index in [1.54, 1.807) is 4.68 Å². The number of aromatic nitrogens is 8. The van der Waals surface area contributed by atoms with E-state index in [0.717, 1.165) is 17.5 Å². The Labute approximate surface area is 326 Å². The number of nitrogens with zero attached hydrogens (tertiary/aromatic N) is 8. The number of hydrogen-bond acceptors (Lipinski definition) is 5. The van der Waals surface area contributed by atoms with E-state index in [2.05, 4.69) is 167 Å². The Hall–Kier alpha value is -2.71. The molecule has 0 aliphatic rings. The van der Waals surface area contributed by atoms with Gasteiger partial charge in [-0.2, -0.15) is 10.2 Å². The van der Waals surface area contributed by atoms with Gasteiger partial charge in [0.2, 0.25) is 0 Å². The number of hydrogen-bond donors (Lipinski definition) is 0. The van der Waals surface area contributed by atoms with Gasteiger partial charge in [-0.3, -0.25) is 4.57 Å². The minimum atomic E-state index is -0.298. The van der Waals surface area contributed by atoms with Gasteiger partial charge in [0.15, 0.2) is 5.82 Å². The molecule has 9 heteroatoms. The van der Waals surface area contributed by atoms with Crippen molar-refractivity contribution in [2.75, 3.05) is 0 Å². The Morgan fingerprint density at radius 2 is 0.755 bits per heavy atom. The average Bonchev–Trinajstić information content (AvgIpc) is 3.55. The molecule has 53 heavy (non-hydrogen) atoms. The van der Waals surface area contributed by atoms with E-state index in [1.807, 2.05) is 46.1 Å². The van der Waals surface area contributed by atoms with Gasteiger partial charge >= 0.3 is 5.69 Å². The summed E-state index contributed by atoms with van der Waals surface area (Å²) in [5.74, 6) is 4.03. The minimum absolute atomic E-state index is 0.00347. The molecule has 0 aliphatic carbocycles. The molecule has 3 rings (SSSR count). The van der Waals surface area contributed by atoms with E-state index in [0.29, 0.717) is 0 Å². The van der Waals surface area contributed by atoms with Crippen LogP contribution in [-0.4, -0.2) is 38.7 Å². The van der Waals surface area contributed by atoms with Crippen molar-refractivity contribution in [3.63, 3.8) is 0 Å². The van der Waals surface area contributed by atoms with E-state index in [1.165, 1.54) is 17.2 Å². The molecular formula is C44H84N8O. The van der Waals surface area contributed by atoms with Crippen LogP contribution in [0.25, 0.3) is 0 Å². The van der Waals surface area contributed by atoms with Gasteiger partial charge in [0, 0.05) is 43.8 Å². The summed E-state index contributed by atoms with van der Waals surface area (Å²) in [4.78, 5) is 22.3. The summed E-state index contributed by atoms with van der Waals surface area (Å²) in [6.45, 7) is 60.3. The summed E-state index contributed by atoms with van der Waals surface area (Å²) in [6, 6.07) is 0. The topological polar surface area (TPSA) is 88.3 Å². The normalized spacial score (nSPS) is 14.1. The van der Waals surface area contributed by atoms with E-state index < -0.39 is 0 Å². The average molecular weight is 741 g/mol. The fourth-order valence-corrected chi connectivity index (χ4v) is 6.01. The lowest BCUT2D eigenvalue weighted by atomic mass is 9.90. The molecular weight excluding hydrogens is 657 g/mol. The fraction of sp³-hybridized carbons (Fsp3) is 0.841. The molecule has 0 saturated carbocycles. The maximum atomic E-state index is 12.6. The zero-order valence-corrected chi connectivity index (χ0v) is 40.0. The van der Waals surface area contributed by atoms with Gasteiger partial charge in [-0.15, -0.1) is 0 Å². The Morgan fingerprint density at radius 1 is 0.377 bits per heavy atom. The monoisotopic (exact) mass is 741 g/mol. The molecule has 0 saturated heterocycles. The molecule has 0 amide bonds. The van der Waals surface area contributed by atoms with Gasteiger partial charge in [0.1, 0.15) is 17.5 Å². The zero-order chi connectivity index (χ0) is 42.7. The highest BCUT2D eigenvalue weighted by Gasteiger charge is 2.35. The van der Waals surface area contributed by atoms with Crippen LogP contribution in [0.15, 0.2) is 4.79 Å². The van der Waals surface area contributed by atoms with Crippen LogP contribution in [0, 0.1) is 6.92 Å². The van der Waals surface area contributed by atoms with Crippen molar-refractivity contribution < 1.29 is 0 Å². The molecule has 0 spiro atoms. The van der Waals surface area contributed by atoms with Crippen LogP contribution >= 0.6 is 0 Å². The van der Waals surface area contributed by atoms with Crippen molar-refractivity contribution in [3.8, 4) is 0 Å². The highest BCUT2D eigenvalue weighted by Crippen LogP contribution is 2.35. The summed E-state index contributed by atoms with van der Waals surface area (Å²) in [7, 11) is 0. The van der Waals surface area contributed by atoms with Gasteiger partial charge in [-0.25, -0.2) is 24.1 Å². The molecule has 9 nitrogen and oxygen atoms in total. The quantitative estimate of drug-likeness (QED) is 0.229. The molecule has 3 heterocycles. The van der Waals surface area contributed by atoms with E-state index in [9.17, 15) is 4.79 Å². The Kier molecular flexibility index (Phi) is 13.4. The van der Waals surface area contributed by atoms with Crippen molar-refractivity contribution in [2.24, 2.45) is 0 Å². The number of imidazole rings is 1. The maximum Gasteiger partial charge on any atom is 0.346 e. The largest absolute Gasteiger partial charge is 0.346 e. The first kappa shape index (κ1) is 48.3. The van der Waals surface area contributed by atoms with E-state index in [4.69, 9.17) is 15.1 Å². The predicted molar refractivity (Wildman–Crippen MR) is 227 cm³/mol. The van der Waals surface area contributed by atoms with E-state index >= 15 is 0 Å². The molecule has 0 aromatic carbocycles. The zero-order valence-electron chi connectivity index (χ0n) is 40.0. The summed E-state index contributed by atoms with van der Waals surface area (Å²) >= 11 is 0. The molecule has 3 aromatic rings. The van der Waals surface area contributed by atoms with E-state index in [-0.39, 0.29) is 54.9 Å². The van der Waals surface area contributed by atoms with Crippen LogP contribution in [0.1, 0.15) is 222 Å². The highest BCUT2D eigenvalue weighted by atomic mass is 16.2. The maximum absolute atomic E-state index is 12.6. The van der Waals surface area contributed by atoms with Crippen LogP contribution in [0.2, 0.25) is 0 Å². The van der Waals surface area contributed by atoms with Gasteiger partial charge in [0.05, 0.1) is 16.8 Å². The standard InChI is InChI=1S/C16H30N2.C14H27N3O.C14H27N3/c1-11-12(14(2,3)4)17-13(15(5,6)7)18(11)16(8,9)10;1-12(2,3)10-15-17(14(7,8)9)11(18)16(10)13(4,5)6;1-12(2,3)10-15-11(13(4,5)6)17(16-10)14(7,8)9/h1-10H3;1-9H3;1-9H3. The molecule has 0 radical (unpaired) electrons. The number of rotatable bonds is 0. The van der Waals surface area contributed by atoms with Crippen molar-refractivity contribution in [2.45, 2.75) is 243 Å².